The summed E-state index contributed by atoms with van der Waals surface area (Å²) in [6.45, 7) is 31.8. The zero-order valence-electron chi connectivity index (χ0n) is 72.9. The van der Waals surface area contributed by atoms with Gasteiger partial charge in [-0.2, -0.15) is 0 Å². The van der Waals surface area contributed by atoms with Crippen LogP contribution in [-0.4, -0.2) is 277 Å². The standard InChI is InChI=1S/C18H24O5.C15H18O4.C15H18O3.C14H18O4.C12H13BrO4.C12H12Cl2O4.C12H14O4/c1-3-4-21-18-14(7-19-9-16-11-22-16)5-13(2)6-15(18)8-20-10-17-12-23-17;1-2-10(4-12-6-16-12)15(19-9-14-8-18-14)11(3-1)5-13-7-17-13;1-2-6-16-15-11(7-13-9-17-13)4-3-5-12(15)8-14-10-18-14;1-2-11(5-15-7-13-9-17-13)4-12(3-1)6-16-8-14-10-18-14;13-11-2-1-8(14-4-9-5-15-9)3-12(11)17-7-10-6-16-10;13-9-1-10(14)12(18-6-8-4-16-8)2-11(9)17-5-7-3-15-7;1-2-9(13-5-11-7-15-11)4-10(3-1)14-6-12-8-16-12/h3,5-6,16-17H,1,4,7-12H2,2H3;1-3,12-14H,4-9H2;2-5,13-14H,1,6-10H2;1-4,13-14H,5-10H2;1-3,9-10H,4-7H2;1-2,7-8H,3-6H2;1-4,11-12H,5-8H2. The van der Waals surface area contributed by atoms with Gasteiger partial charge in [0.15, 0.2) is 0 Å². The monoisotopic (exact) mass is 1890 g/mol. The van der Waals surface area contributed by atoms with Crippen LogP contribution in [0, 0.1) is 6.92 Å². The van der Waals surface area contributed by atoms with Crippen molar-refractivity contribution in [3.63, 3.8) is 0 Å². The predicted molar refractivity (Wildman–Crippen MR) is 477 cm³/mol. The molecular weight excluding hydrogens is 1780 g/mol. The fourth-order valence-corrected chi connectivity index (χ4v) is 13.7. The lowest BCUT2D eigenvalue weighted by Crippen LogP contribution is -2.10. The van der Waals surface area contributed by atoms with E-state index in [2.05, 4.69) is 103 Å². The normalized spacial score (nSPS) is 25.5. The Morgan fingerprint density at radius 2 is 0.574 bits per heavy atom. The summed E-state index contributed by atoms with van der Waals surface area (Å²) >= 11 is 15.5. The minimum absolute atomic E-state index is 0.181. The maximum atomic E-state index is 6.05. The molecular formula is C98H117BrCl2O28. The molecule has 129 heavy (non-hydrogen) atoms. The minimum atomic E-state index is 0.181. The van der Waals surface area contributed by atoms with E-state index in [1.54, 1.807) is 24.3 Å². The van der Waals surface area contributed by atoms with Crippen molar-refractivity contribution >= 4 is 39.1 Å². The van der Waals surface area contributed by atoms with E-state index in [0.29, 0.717) is 170 Å². The van der Waals surface area contributed by atoms with Crippen molar-refractivity contribution < 1.29 is 133 Å². The van der Waals surface area contributed by atoms with Gasteiger partial charge in [-0.25, -0.2) is 0 Å². The number of ether oxygens (including phenoxy) is 28. The Morgan fingerprint density at radius 1 is 0.287 bits per heavy atom. The lowest BCUT2D eigenvalue weighted by molar-refractivity contribution is 0.0967. The number of para-hydroxylation sites is 2. The first-order valence-corrected chi connectivity index (χ1v) is 46.1. The number of benzene rings is 7. The molecule has 22 rings (SSSR count). The number of rotatable bonds is 51. The molecule has 0 bridgehead atoms. The highest BCUT2D eigenvalue weighted by Gasteiger charge is 2.35. The molecule has 698 valence electrons. The van der Waals surface area contributed by atoms with E-state index in [9.17, 15) is 0 Å². The number of halogens is 3. The topological polar surface area (TPSA) is 308 Å². The lowest BCUT2D eigenvalue weighted by atomic mass is 10.0. The molecule has 15 unspecified atom stereocenters. The van der Waals surface area contributed by atoms with Gasteiger partial charge in [0.25, 0.3) is 0 Å². The van der Waals surface area contributed by atoms with Crippen LogP contribution in [0.4, 0.5) is 0 Å². The van der Waals surface area contributed by atoms with Gasteiger partial charge in [-0.15, -0.1) is 0 Å². The van der Waals surface area contributed by atoms with Crippen LogP contribution in [0.2, 0.25) is 10.0 Å². The van der Waals surface area contributed by atoms with E-state index in [-0.39, 0.29) is 54.9 Å². The van der Waals surface area contributed by atoms with Crippen LogP contribution < -0.4 is 42.6 Å². The van der Waals surface area contributed by atoms with Crippen LogP contribution >= 0.6 is 39.1 Å². The van der Waals surface area contributed by atoms with Crippen molar-refractivity contribution in [2.45, 2.75) is 151 Å². The van der Waals surface area contributed by atoms with Crippen LogP contribution in [0.1, 0.15) is 50.1 Å². The first kappa shape index (κ1) is 94.7. The number of epoxide rings is 15. The van der Waals surface area contributed by atoms with Crippen molar-refractivity contribution in [2.75, 3.05) is 185 Å². The second kappa shape index (κ2) is 49.0. The molecule has 0 aliphatic carbocycles. The molecule has 0 radical (unpaired) electrons. The quantitative estimate of drug-likeness (QED) is 0.0253. The van der Waals surface area contributed by atoms with E-state index in [1.165, 1.54) is 38.9 Å². The first-order chi connectivity index (χ1) is 63.3. The highest BCUT2D eigenvalue weighted by Crippen LogP contribution is 2.39. The lowest BCUT2D eigenvalue weighted by Gasteiger charge is -2.17. The molecule has 15 saturated heterocycles. The summed E-state index contributed by atoms with van der Waals surface area (Å²) in [6, 6.07) is 41.9. The van der Waals surface area contributed by atoms with Gasteiger partial charge in [0.2, 0.25) is 0 Å². The van der Waals surface area contributed by atoms with Gasteiger partial charge in [0.1, 0.15) is 178 Å². The van der Waals surface area contributed by atoms with Crippen LogP contribution in [0.25, 0.3) is 0 Å². The highest BCUT2D eigenvalue weighted by molar-refractivity contribution is 9.10. The molecule has 0 aromatic heterocycles. The molecule has 31 heteroatoms. The highest BCUT2D eigenvalue weighted by atomic mass is 79.9. The van der Waals surface area contributed by atoms with E-state index < -0.39 is 0 Å². The third-order valence-electron chi connectivity index (χ3n) is 21.2. The Labute approximate surface area is 771 Å². The van der Waals surface area contributed by atoms with Crippen molar-refractivity contribution in [1.29, 1.82) is 0 Å². The predicted octanol–water partition coefficient (Wildman–Crippen LogP) is 13.2. The molecule has 0 saturated carbocycles. The summed E-state index contributed by atoms with van der Waals surface area (Å²) in [5.41, 5.74) is 10.6. The average molecular weight is 1890 g/mol. The van der Waals surface area contributed by atoms with Crippen LogP contribution in [0.15, 0.2) is 157 Å². The largest absolute Gasteiger partial charge is 0.491 e. The van der Waals surface area contributed by atoms with Gasteiger partial charge < -0.3 is 133 Å². The van der Waals surface area contributed by atoms with E-state index in [0.717, 1.165) is 181 Å². The van der Waals surface area contributed by atoms with Crippen molar-refractivity contribution in [2.24, 2.45) is 0 Å². The SMILES string of the molecule is Brc1ccc(OCC2CO2)cc1OCC1CO1.C=CCOc1c(CC2CO2)cccc1CC1CO1.C=CCOc1c(COCC2CO2)cc(C)cc1COCC1CO1.Clc1cc(Cl)c(OCC2CO2)cc1OCC1CO1.c1cc(CC2CO2)c(OCC2CO2)c(CC2CO2)c1.c1cc(COCC2CO2)cc(COCC2CO2)c1.c1cc(OCC2CO2)cc(OCC2CO2)c1. The van der Waals surface area contributed by atoms with Gasteiger partial charge in [0, 0.05) is 55.0 Å². The molecule has 15 aliphatic rings. The Morgan fingerprint density at radius 3 is 0.922 bits per heavy atom. The Balaban J connectivity index is 0.000000111. The Kier molecular flexibility index (Phi) is 35.9. The Hall–Kier alpha value is -7.48. The first-order valence-electron chi connectivity index (χ1n) is 44.6. The molecule has 0 amide bonds. The van der Waals surface area contributed by atoms with Gasteiger partial charge in [0.05, 0.1) is 191 Å². The molecule has 0 spiro atoms. The summed E-state index contributed by atoms with van der Waals surface area (Å²) in [4.78, 5) is 0. The molecule has 15 heterocycles. The van der Waals surface area contributed by atoms with Crippen LogP contribution in [-0.2, 0) is 142 Å². The third-order valence-corrected chi connectivity index (χ3v) is 22.5. The average Bonchev–Trinajstić information content (AvgIpc) is 1.18. The summed E-state index contributed by atoms with van der Waals surface area (Å²) in [7, 11) is 0. The fraction of sp³-hybridized carbons (Fsp3) is 0.531. The zero-order chi connectivity index (χ0) is 88.3. The number of hydrogen-bond acceptors (Lipinski definition) is 28. The summed E-state index contributed by atoms with van der Waals surface area (Å²) in [5, 5.41) is 0.936. The van der Waals surface area contributed by atoms with Crippen LogP contribution in [0.5, 0.6) is 51.7 Å². The molecule has 15 atom stereocenters. The third kappa shape index (κ3) is 37.1. The van der Waals surface area contributed by atoms with E-state index in [4.69, 9.17) is 156 Å². The van der Waals surface area contributed by atoms with E-state index in [1.807, 2.05) is 48.5 Å². The summed E-state index contributed by atoms with van der Waals surface area (Å²) < 4.78 is 152. The minimum Gasteiger partial charge on any atom is -0.491 e. The van der Waals surface area contributed by atoms with Crippen molar-refractivity contribution in [1.82, 2.24) is 0 Å². The maximum Gasteiger partial charge on any atom is 0.141 e. The molecule has 0 N–H and O–H groups in total. The Bertz CT molecular complexity index is 4440. The molecule has 7 aromatic rings. The molecule has 7 aromatic carbocycles. The van der Waals surface area contributed by atoms with Crippen LogP contribution in [0.3, 0.4) is 0 Å². The van der Waals surface area contributed by atoms with Crippen molar-refractivity contribution in [3.05, 3.63) is 217 Å². The number of aryl methyl sites for hydroxylation is 1. The second-order valence-electron chi connectivity index (χ2n) is 33.4. The summed E-state index contributed by atoms with van der Waals surface area (Å²) in [6.07, 6.45) is 11.7. The molecule has 15 fully saturated rings. The molecule has 28 nitrogen and oxygen atoms in total. The smallest absolute Gasteiger partial charge is 0.141 e. The second-order valence-corrected chi connectivity index (χ2v) is 35.1. The van der Waals surface area contributed by atoms with Gasteiger partial charge >= 0.3 is 0 Å². The van der Waals surface area contributed by atoms with E-state index >= 15 is 0 Å². The number of hydrogen-bond donors (Lipinski definition) is 0. The molecule has 15 aliphatic heterocycles. The zero-order valence-corrected chi connectivity index (χ0v) is 76.0. The summed E-state index contributed by atoms with van der Waals surface area (Å²) in [5.74, 6) is 7.22. The fourth-order valence-electron chi connectivity index (χ4n) is 12.8. The van der Waals surface area contributed by atoms with Gasteiger partial charge in [-0.1, -0.05) is 133 Å². The van der Waals surface area contributed by atoms with Crippen molar-refractivity contribution in [3.8, 4) is 51.7 Å². The van der Waals surface area contributed by atoms with Gasteiger partial charge in [-0.3, -0.25) is 0 Å². The van der Waals surface area contributed by atoms with Gasteiger partial charge in [-0.05, 0) is 86.6 Å². The maximum absolute atomic E-state index is 6.05.